The molecular weight excluding hydrogens is 416 g/mol. The molecule has 2 fully saturated rings. The summed E-state index contributed by atoms with van der Waals surface area (Å²) in [6.45, 7) is 2.87. The number of rotatable bonds is 2. The SMILES string of the molecule is CC1(C)[C@H](C(=O)OCC(Cl)(Cl)Cl)N2C(=O)[C@H](Br)[C@H]2[S+]1[O-]. The Balaban J connectivity index is 2.18. The fourth-order valence-corrected chi connectivity index (χ4v) is 5.38. The molecule has 4 atom stereocenters. The lowest BCUT2D eigenvalue weighted by Crippen LogP contribution is -2.64. The molecule has 1 amide bonds. The zero-order valence-electron chi connectivity index (χ0n) is 10.4. The van der Waals surface area contributed by atoms with Gasteiger partial charge in [0.25, 0.3) is 0 Å². The van der Waals surface area contributed by atoms with Crippen LogP contribution in [0.3, 0.4) is 0 Å². The standard InChI is InChI=1S/C10H11BrCl3NO4S/c1-9(2)5(8(17)19-3-10(12,13)14)15-6(16)4(11)7(15)20(9)18/h4-5,7H,3H2,1-2H3/t4-,5-,7+,20?/m0/s1. The molecule has 2 rings (SSSR count). The molecule has 0 aromatic rings. The zero-order chi connectivity index (χ0) is 15.5. The minimum absolute atomic E-state index is 0.287. The minimum Gasteiger partial charge on any atom is -0.614 e. The van der Waals surface area contributed by atoms with Crippen LogP contribution in [0.1, 0.15) is 13.8 Å². The lowest BCUT2D eigenvalue weighted by Gasteiger charge is -2.38. The highest BCUT2D eigenvalue weighted by Crippen LogP contribution is 2.48. The van der Waals surface area contributed by atoms with Gasteiger partial charge < -0.3 is 9.29 Å². The molecule has 2 saturated heterocycles. The van der Waals surface area contributed by atoms with Crippen LogP contribution in [0.2, 0.25) is 0 Å². The maximum absolute atomic E-state index is 12.4. The van der Waals surface area contributed by atoms with E-state index in [0.717, 1.165) is 0 Å². The Morgan fingerprint density at radius 2 is 2.10 bits per heavy atom. The van der Waals surface area contributed by atoms with Crippen LogP contribution in [-0.2, 0) is 25.5 Å². The second-order valence-corrected chi connectivity index (χ2v) is 10.7. The van der Waals surface area contributed by atoms with Crippen molar-refractivity contribution in [3.63, 3.8) is 0 Å². The summed E-state index contributed by atoms with van der Waals surface area (Å²) in [5.41, 5.74) is 0. The zero-order valence-corrected chi connectivity index (χ0v) is 15.1. The third kappa shape index (κ3) is 2.65. The van der Waals surface area contributed by atoms with E-state index in [2.05, 4.69) is 15.9 Å². The van der Waals surface area contributed by atoms with E-state index in [1.165, 1.54) is 4.90 Å². The molecular formula is C10H11BrCl3NO4S. The van der Waals surface area contributed by atoms with Gasteiger partial charge in [-0.25, -0.2) is 4.79 Å². The highest BCUT2D eigenvalue weighted by atomic mass is 79.9. The summed E-state index contributed by atoms with van der Waals surface area (Å²) in [5.74, 6) is -1.00. The molecule has 114 valence electrons. The van der Waals surface area contributed by atoms with E-state index >= 15 is 0 Å². The molecule has 0 N–H and O–H groups in total. The van der Waals surface area contributed by atoms with Gasteiger partial charge in [0.2, 0.25) is 15.1 Å². The molecule has 0 aromatic heterocycles. The molecule has 1 unspecified atom stereocenters. The molecule has 2 heterocycles. The van der Waals surface area contributed by atoms with Crippen LogP contribution >= 0.6 is 50.7 Å². The molecule has 5 nitrogen and oxygen atoms in total. The van der Waals surface area contributed by atoms with Crippen molar-refractivity contribution < 1.29 is 18.9 Å². The molecule has 0 aromatic carbocycles. The van der Waals surface area contributed by atoms with E-state index in [4.69, 9.17) is 39.5 Å². The maximum atomic E-state index is 12.4. The van der Waals surface area contributed by atoms with Gasteiger partial charge in [0.15, 0.2) is 15.6 Å². The fraction of sp³-hybridized carbons (Fsp3) is 0.800. The number of amides is 1. The van der Waals surface area contributed by atoms with Gasteiger partial charge in [0.1, 0.15) is 6.61 Å². The third-order valence-corrected chi connectivity index (χ3v) is 7.06. The number of hydrogen-bond acceptors (Lipinski definition) is 4. The lowest BCUT2D eigenvalue weighted by molar-refractivity contribution is -0.160. The van der Waals surface area contributed by atoms with Gasteiger partial charge in [-0.05, 0) is 25.0 Å². The summed E-state index contributed by atoms with van der Waals surface area (Å²) in [7, 11) is 0. The molecule has 0 spiro atoms. The Morgan fingerprint density at radius 3 is 2.60 bits per heavy atom. The van der Waals surface area contributed by atoms with Crippen LogP contribution in [0.5, 0.6) is 0 Å². The Labute approximate surface area is 142 Å². The first-order chi connectivity index (χ1) is 8.98. The van der Waals surface area contributed by atoms with Gasteiger partial charge in [-0.2, -0.15) is 0 Å². The molecule has 0 saturated carbocycles. The predicted molar refractivity (Wildman–Crippen MR) is 80.6 cm³/mol. The monoisotopic (exact) mass is 425 g/mol. The van der Waals surface area contributed by atoms with Crippen molar-refractivity contribution in [3.05, 3.63) is 0 Å². The van der Waals surface area contributed by atoms with Crippen LogP contribution in [-0.4, -0.2) is 52.7 Å². The Bertz CT molecular complexity index is 458. The van der Waals surface area contributed by atoms with Crippen molar-refractivity contribution in [3.8, 4) is 0 Å². The lowest BCUT2D eigenvalue weighted by atomic mass is 9.98. The summed E-state index contributed by atoms with van der Waals surface area (Å²) in [6.07, 6.45) is 0. The number of carbonyl (C=O) groups is 2. The summed E-state index contributed by atoms with van der Waals surface area (Å²) in [6, 6.07) is -0.943. The van der Waals surface area contributed by atoms with Crippen molar-refractivity contribution in [2.24, 2.45) is 0 Å². The number of esters is 1. The average Bonchev–Trinajstić information content (AvgIpc) is 2.51. The normalized spacial score (nSPS) is 35.5. The van der Waals surface area contributed by atoms with Gasteiger partial charge >= 0.3 is 5.97 Å². The molecule has 2 aliphatic rings. The van der Waals surface area contributed by atoms with Crippen LogP contribution in [0, 0.1) is 0 Å². The average molecular weight is 428 g/mol. The van der Waals surface area contributed by atoms with Crippen molar-refractivity contribution in [2.75, 3.05) is 6.61 Å². The largest absolute Gasteiger partial charge is 0.614 e. The topological polar surface area (TPSA) is 69.7 Å². The van der Waals surface area contributed by atoms with E-state index in [1.54, 1.807) is 13.8 Å². The van der Waals surface area contributed by atoms with Crippen LogP contribution in [0.25, 0.3) is 0 Å². The number of β-lactam (4-membered cyclic amide) rings is 1. The summed E-state index contributed by atoms with van der Waals surface area (Å²) >= 11 is 18.3. The first kappa shape index (κ1) is 17.0. The predicted octanol–water partition coefficient (Wildman–Crippen LogP) is 1.74. The number of alkyl halides is 4. The van der Waals surface area contributed by atoms with Crippen LogP contribution < -0.4 is 0 Å². The molecule has 0 aliphatic carbocycles. The van der Waals surface area contributed by atoms with Crippen molar-refractivity contribution in [1.82, 2.24) is 4.90 Å². The minimum atomic E-state index is -1.73. The highest BCUT2D eigenvalue weighted by Gasteiger charge is 2.72. The molecule has 0 radical (unpaired) electrons. The third-order valence-electron chi connectivity index (χ3n) is 3.29. The number of halogens is 4. The van der Waals surface area contributed by atoms with Gasteiger partial charge in [0, 0.05) is 0 Å². The summed E-state index contributed by atoms with van der Waals surface area (Å²) in [4.78, 5) is 24.8. The number of carbonyl (C=O) groups excluding carboxylic acids is 2. The van der Waals surface area contributed by atoms with Gasteiger partial charge in [-0.3, -0.25) is 9.69 Å². The second kappa shape index (κ2) is 5.35. The quantitative estimate of drug-likeness (QED) is 0.291. The number of ether oxygens (including phenoxy) is 1. The van der Waals surface area contributed by atoms with Crippen LogP contribution in [0.4, 0.5) is 0 Å². The number of nitrogens with zero attached hydrogens (tertiary/aromatic N) is 1. The van der Waals surface area contributed by atoms with Crippen molar-refractivity contribution in [2.45, 2.75) is 38.6 Å². The van der Waals surface area contributed by atoms with E-state index in [0.29, 0.717) is 0 Å². The highest BCUT2D eigenvalue weighted by molar-refractivity contribution is 9.10. The van der Waals surface area contributed by atoms with Crippen LogP contribution in [0.15, 0.2) is 0 Å². The van der Waals surface area contributed by atoms with Crippen molar-refractivity contribution in [1.29, 1.82) is 0 Å². The molecule has 20 heavy (non-hydrogen) atoms. The Kier molecular flexibility index (Phi) is 4.54. The van der Waals surface area contributed by atoms with Gasteiger partial charge in [-0.15, -0.1) is 0 Å². The Hall–Kier alpha value is 0.600. The summed E-state index contributed by atoms with van der Waals surface area (Å²) < 4.78 is 14.6. The van der Waals surface area contributed by atoms with Gasteiger partial charge in [0.05, 0.1) is 0 Å². The molecule has 2 aliphatic heterocycles. The number of hydrogen-bond donors (Lipinski definition) is 0. The van der Waals surface area contributed by atoms with Gasteiger partial charge in [-0.1, -0.05) is 50.7 Å². The maximum Gasteiger partial charge on any atom is 0.334 e. The van der Waals surface area contributed by atoms with Crippen molar-refractivity contribution >= 4 is 73.8 Å². The first-order valence-corrected chi connectivity index (χ1v) is 8.85. The van der Waals surface area contributed by atoms with E-state index in [-0.39, 0.29) is 5.91 Å². The van der Waals surface area contributed by atoms with E-state index < -0.39 is 48.5 Å². The van der Waals surface area contributed by atoms with E-state index in [9.17, 15) is 14.1 Å². The number of fused-ring (bicyclic) bond motifs is 1. The first-order valence-electron chi connectivity index (χ1n) is 5.59. The summed E-state index contributed by atoms with van der Waals surface area (Å²) in [5, 5.41) is -0.525. The second-order valence-electron chi connectivity index (χ2n) is 5.06. The Morgan fingerprint density at radius 1 is 1.55 bits per heavy atom. The van der Waals surface area contributed by atoms with E-state index in [1.807, 2.05) is 0 Å². The fourth-order valence-electron chi connectivity index (χ4n) is 2.32. The smallest absolute Gasteiger partial charge is 0.334 e. The molecule has 10 heteroatoms. The molecule has 0 bridgehead atoms.